The van der Waals surface area contributed by atoms with Gasteiger partial charge < -0.3 is 9.88 Å². The van der Waals surface area contributed by atoms with Gasteiger partial charge in [-0.15, -0.1) is 0 Å². The van der Waals surface area contributed by atoms with Crippen LogP contribution >= 0.6 is 11.6 Å². The van der Waals surface area contributed by atoms with Crippen molar-refractivity contribution in [3.8, 4) is 11.3 Å². The number of hydrogen-bond acceptors (Lipinski definition) is 5. The Kier molecular flexibility index (Phi) is 4.81. The lowest BCUT2D eigenvalue weighted by molar-refractivity contribution is -0.137. The molecule has 0 amide bonds. The van der Waals surface area contributed by atoms with E-state index in [2.05, 4.69) is 35.0 Å². The lowest BCUT2D eigenvalue weighted by atomic mass is 9.96. The number of nitrogens with one attached hydrogen (secondary N) is 2. The molecule has 1 fully saturated rings. The summed E-state index contributed by atoms with van der Waals surface area (Å²) in [6.45, 7) is 1.55. The first kappa shape index (κ1) is 19.8. The van der Waals surface area contributed by atoms with Crippen molar-refractivity contribution in [2.75, 3.05) is 18.0 Å². The molecule has 3 aromatic heterocycles. The number of halogens is 4. The minimum absolute atomic E-state index is 0.182. The molecule has 11 heteroatoms. The highest BCUT2D eigenvalue weighted by Crippen LogP contribution is 2.37. The quantitative estimate of drug-likeness (QED) is 0.471. The summed E-state index contributed by atoms with van der Waals surface area (Å²) in [6, 6.07) is 3.87. The molecule has 1 saturated heterocycles. The highest BCUT2D eigenvalue weighted by Gasteiger charge is 2.33. The zero-order chi connectivity index (χ0) is 21.6. The van der Waals surface area contributed by atoms with Crippen molar-refractivity contribution in [2.24, 2.45) is 0 Å². The molecule has 4 aromatic rings. The van der Waals surface area contributed by atoms with Gasteiger partial charge in [-0.3, -0.25) is 5.10 Å². The second-order valence-electron chi connectivity index (χ2n) is 7.47. The molecule has 1 aliphatic heterocycles. The lowest BCUT2D eigenvalue weighted by Crippen LogP contribution is -2.33. The second-order valence-corrected chi connectivity index (χ2v) is 7.87. The van der Waals surface area contributed by atoms with Crippen LogP contribution in [0.1, 0.15) is 30.1 Å². The number of imidazole rings is 1. The zero-order valence-electron chi connectivity index (χ0n) is 16.1. The summed E-state index contributed by atoms with van der Waals surface area (Å²) < 4.78 is 39.5. The molecule has 0 saturated carbocycles. The SMILES string of the molecule is FC(F)(F)c1cc(-c2cnc(C3CCN(c4ncnc5[nH]ncc45)CC3)[nH]2)ccc1Cl. The van der Waals surface area contributed by atoms with Gasteiger partial charge in [0.2, 0.25) is 0 Å². The number of anilines is 1. The molecule has 0 atom stereocenters. The molecule has 0 unspecified atom stereocenters. The summed E-state index contributed by atoms with van der Waals surface area (Å²) in [5.74, 6) is 1.80. The summed E-state index contributed by atoms with van der Waals surface area (Å²) in [6.07, 6.45) is 1.98. The van der Waals surface area contributed by atoms with E-state index in [1.165, 1.54) is 12.4 Å². The minimum Gasteiger partial charge on any atom is -0.356 e. The summed E-state index contributed by atoms with van der Waals surface area (Å²) in [5, 5.41) is 7.44. The average Bonchev–Trinajstić information content (AvgIpc) is 3.43. The van der Waals surface area contributed by atoms with Crippen LogP contribution in [0, 0.1) is 0 Å². The van der Waals surface area contributed by atoms with Crippen LogP contribution in [0.25, 0.3) is 22.3 Å². The van der Waals surface area contributed by atoms with Gasteiger partial charge in [-0.25, -0.2) is 15.0 Å². The van der Waals surface area contributed by atoms with E-state index in [0.29, 0.717) is 16.9 Å². The molecular weight excluding hydrogens is 431 g/mol. The fourth-order valence-corrected chi connectivity index (χ4v) is 4.19. The third kappa shape index (κ3) is 3.71. The van der Waals surface area contributed by atoms with Crippen LogP contribution in [0.3, 0.4) is 0 Å². The van der Waals surface area contributed by atoms with Crippen LogP contribution in [0.4, 0.5) is 19.0 Å². The van der Waals surface area contributed by atoms with Gasteiger partial charge in [0, 0.05) is 24.6 Å². The highest BCUT2D eigenvalue weighted by molar-refractivity contribution is 6.31. The summed E-state index contributed by atoms with van der Waals surface area (Å²) in [7, 11) is 0. The standard InChI is InChI=1S/C20H17ClF3N7/c21-15-2-1-12(7-14(15)20(22,23)24)16-9-25-17(29-16)11-3-5-31(6-4-11)19-13-8-28-30-18(13)26-10-27-19/h1-2,7-11H,3-6H2,(H,25,29)(H,26,27,28,30). The summed E-state index contributed by atoms with van der Waals surface area (Å²) >= 11 is 5.72. The van der Waals surface area contributed by atoms with Crippen molar-refractivity contribution in [1.29, 1.82) is 0 Å². The lowest BCUT2D eigenvalue weighted by Gasteiger charge is -2.32. The molecule has 1 aliphatic rings. The van der Waals surface area contributed by atoms with E-state index < -0.39 is 11.7 Å². The Hall–Kier alpha value is -3.14. The van der Waals surface area contributed by atoms with Crippen LogP contribution in [-0.4, -0.2) is 43.2 Å². The number of nitrogens with zero attached hydrogens (tertiary/aromatic N) is 5. The predicted octanol–water partition coefficient (Wildman–Crippen LogP) is 4.80. The Bertz CT molecular complexity index is 1220. The van der Waals surface area contributed by atoms with Crippen molar-refractivity contribution in [1.82, 2.24) is 30.1 Å². The number of H-pyrrole nitrogens is 2. The number of fused-ring (bicyclic) bond motifs is 1. The predicted molar refractivity (Wildman–Crippen MR) is 110 cm³/mol. The van der Waals surface area contributed by atoms with Gasteiger partial charge in [-0.1, -0.05) is 17.7 Å². The first-order valence-electron chi connectivity index (χ1n) is 9.71. The molecule has 0 bridgehead atoms. The zero-order valence-corrected chi connectivity index (χ0v) is 16.9. The normalized spacial score (nSPS) is 15.7. The molecule has 7 nitrogen and oxygen atoms in total. The molecule has 31 heavy (non-hydrogen) atoms. The number of alkyl halides is 3. The Balaban J connectivity index is 1.32. The summed E-state index contributed by atoms with van der Waals surface area (Å²) in [5.41, 5.74) is 0.780. The smallest absolute Gasteiger partial charge is 0.356 e. The monoisotopic (exact) mass is 447 g/mol. The van der Waals surface area contributed by atoms with Gasteiger partial charge >= 0.3 is 6.18 Å². The maximum absolute atomic E-state index is 13.2. The molecule has 160 valence electrons. The highest BCUT2D eigenvalue weighted by atomic mass is 35.5. The van der Waals surface area contributed by atoms with E-state index in [1.54, 1.807) is 18.5 Å². The minimum atomic E-state index is -4.51. The van der Waals surface area contributed by atoms with E-state index in [9.17, 15) is 13.2 Å². The molecule has 0 spiro atoms. The Labute approximate surface area is 179 Å². The first-order chi connectivity index (χ1) is 14.9. The second kappa shape index (κ2) is 7.52. The third-order valence-electron chi connectivity index (χ3n) is 5.59. The number of piperidine rings is 1. The van der Waals surface area contributed by atoms with E-state index in [1.807, 2.05) is 0 Å². The van der Waals surface area contributed by atoms with E-state index in [4.69, 9.17) is 11.6 Å². The van der Waals surface area contributed by atoms with Gasteiger partial charge in [0.25, 0.3) is 0 Å². The molecule has 4 heterocycles. The van der Waals surface area contributed by atoms with E-state index in [-0.39, 0.29) is 10.9 Å². The molecule has 1 aromatic carbocycles. The summed E-state index contributed by atoms with van der Waals surface area (Å²) in [4.78, 5) is 18.4. The van der Waals surface area contributed by atoms with Crippen molar-refractivity contribution in [3.05, 3.63) is 53.3 Å². The Morgan fingerprint density at radius 2 is 1.87 bits per heavy atom. The Morgan fingerprint density at radius 1 is 1.06 bits per heavy atom. The molecular formula is C20H17ClF3N7. The fraction of sp³-hybridized carbons (Fsp3) is 0.300. The first-order valence-corrected chi connectivity index (χ1v) is 10.1. The average molecular weight is 448 g/mol. The van der Waals surface area contributed by atoms with Crippen molar-refractivity contribution >= 4 is 28.5 Å². The van der Waals surface area contributed by atoms with Crippen LogP contribution in [0.2, 0.25) is 5.02 Å². The van der Waals surface area contributed by atoms with Crippen molar-refractivity contribution < 1.29 is 13.2 Å². The van der Waals surface area contributed by atoms with Crippen LogP contribution in [0.5, 0.6) is 0 Å². The number of benzene rings is 1. The molecule has 0 aliphatic carbocycles. The third-order valence-corrected chi connectivity index (χ3v) is 5.92. The van der Waals surface area contributed by atoms with Crippen molar-refractivity contribution in [3.63, 3.8) is 0 Å². The van der Waals surface area contributed by atoms with E-state index in [0.717, 1.165) is 49.0 Å². The fourth-order valence-electron chi connectivity index (χ4n) is 3.97. The molecule has 5 rings (SSSR count). The van der Waals surface area contributed by atoms with Gasteiger partial charge in [0.15, 0.2) is 5.65 Å². The maximum atomic E-state index is 13.2. The Morgan fingerprint density at radius 3 is 2.65 bits per heavy atom. The maximum Gasteiger partial charge on any atom is 0.417 e. The van der Waals surface area contributed by atoms with Crippen LogP contribution in [-0.2, 0) is 6.18 Å². The number of hydrogen-bond donors (Lipinski definition) is 2. The largest absolute Gasteiger partial charge is 0.417 e. The number of aromatic amines is 2. The van der Waals surface area contributed by atoms with E-state index >= 15 is 0 Å². The molecule has 2 N–H and O–H groups in total. The number of rotatable bonds is 3. The van der Waals surface area contributed by atoms with Gasteiger partial charge in [0.1, 0.15) is 18.0 Å². The van der Waals surface area contributed by atoms with Gasteiger partial charge in [-0.05, 0) is 25.0 Å². The van der Waals surface area contributed by atoms with Crippen molar-refractivity contribution in [2.45, 2.75) is 24.9 Å². The van der Waals surface area contributed by atoms with Crippen LogP contribution in [0.15, 0.2) is 36.9 Å². The van der Waals surface area contributed by atoms with Gasteiger partial charge in [0.05, 0.1) is 34.1 Å². The number of aromatic nitrogens is 6. The topological polar surface area (TPSA) is 86.4 Å². The van der Waals surface area contributed by atoms with Gasteiger partial charge in [-0.2, -0.15) is 18.3 Å². The van der Waals surface area contributed by atoms with Crippen LogP contribution < -0.4 is 4.90 Å². The molecule has 0 radical (unpaired) electrons.